The quantitative estimate of drug-likeness (QED) is 0.530. The van der Waals surface area contributed by atoms with Crippen LogP contribution in [0.5, 0.6) is 11.5 Å². The average Bonchev–Trinajstić information content (AvgIpc) is 3.23. The molecular formula is C22H20N2O5S. The number of imidazole rings is 1. The van der Waals surface area contributed by atoms with Crippen molar-refractivity contribution < 1.29 is 19.4 Å². The first-order valence-corrected chi connectivity index (χ1v) is 10.1. The Balaban J connectivity index is 1.80. The van der Waals surface area contributed by atoms with Gasteiger partial charge in [-0.25, -0.2) is 14.2 Å². The Morgan fingerprint density at radius 1 is 1.23 bits per heavy atom. The van der Waals surface area contributed by atoms with E-state index in [1.54, 1.807) is 28.7 Å². The normalized spacial score (nSPS) is 13.1. The second kappa shape index (κ2) is 7.46. The van der Waals surface area contributed by atoms with Crippen LogP contribution in [-0.4, -0.2) is 33.7 Å². The van der Waals surface area contributed by atoms with Crippen molar-refractivity contribution in [1.29, 1.82) is 0 Å². The molecule has 8 heteroatoms. The van der Waals surface area contributed by atoms with Crippen LogP contribution in [0.4, 0.5) is 0 Å². The van der Waals surface area contributed by atoms with Crippen LogP contribution in [0.1, 0.15) is 23.6 Å². The second-order valence-electron chi connectivity index (χ2n) is 7.03. The fourth-order valence-corrected chi connectivity index (χ4v) is 4.21. The summed E-state index contributed by atoms with van der Waals surface area (Å²) in [6.45, 7) is 5.48. The molecule has 2 heterocycles. The van der Waals surface area contributed by atoms with Crippen LogP contribution in [0, 0.1) is 13.8 Å². The molecule has 0 saturated carbocycles. The van der Waals surface area contributed by atoms with E-state index in [2.05, 4.69) is 4.98 Å². The standard InChI is InChI=1S/C22H20N2O5S/c1-11-5-7-15-19(12(11)2)23-22-24(15)20(25)18(30-22)10-14-6-8-16(17(9-14)28-4)29-13(3)21(26)27/h5-10,13H,1-4H3,(H,26,27)/b18-10-/t13-/m1/s1. The van der Waals surface area contributed by atoms with Gasteiger partial charge in [0.1, 0.15) is 0 Å². The molecule has 154 valence electrons. The first-order chi connectivity index (χ1) is 14.3. The highest BCUT2D eigenvalue weighted by atomic mass is 32.1. The third-order valence-electron chi connectivity index (χ3n) is 5.07. The molecule has 0 fully saturated rings. The van der Waals surface area contributed by atoms with Crippen molar-refractivity contribution in [3.05, 3.63) is 61.9 Å². The molecule has 0 aliphatic heterocycles. The molecule has 0 aliphatic carbocycles. The van der Waals surface area contributed by atoms with Gasteiger partial charge in [0.15, 0.2) is 22.6 Å². The molecule has 0 spiro atoms. The van der Waals surface area contributed by atoms with E-state index in [4.69, 9.17) is 14.6 Å². The largest absolute Gasteiger partial charge is 0.493 e. The third-order valence-corrected chi connectivity index (χ3v) is 6.04. The Kier molecular flexibility index (Phi) is 4.95. The molecule has 7 nitrogen and oxygen atoms in total. The summed E-state index contributed by atoms with van der Waals surface area (Å²) in [6.07, 6.45) is 0.758. The zero-order chi connectivity index (χ0) is 21.6. The number of nitrogens with zero attached hydrogens (tertiary/aromatic N) is 2. The van der Waals surface area contributed by atoms with Crippen molar-refractivity contribution in [2.75, 3.05) is 7.11 Å². The number of ether oxygens (including phenoxy) is 2. The van der Waals surface area contributed by atoms with E-state index in [1.807, 2.05) is 26.0 Å². The first-order valence-electron chi connectivity index (χ1n) is 9.30. The van der Waals surface area contributed by atoms with E-state index in [9.17, 15) is 9.59 Å². The van der Waals surface area contributed by atoms with Crippen molar-refractivity contribution in [3.63, 3.8) is 0 Å². The molecular weight excluding hydrogens is 404 g/mol. The molecule has 2 aromatic carbocycles. The lowest BCUT2D eigenvalue weighted by Crippen LogP contribution is -2.23. The number of aliphatic carboxylic acids is 1. The van der Waals surface area contributed by atoms with Crippen molar-refractivity contribution in [2.45, 2.75) is 26.9 Å². The highest BCUT2D eigenvalue weighted by molar-refractivity contribution is 7.15. The molecule has 0 radical (unpaired) electrons. The number of benzene rings is 2. The van der Waals surface area contributed by atoms with Crippen molar-refractivity contribution in [3.8, 4) is 11.5 Å². The Hall–Kier alpha value is -3.39. The van der Waals surface area contributed by atoms with Gasteiger partial charge in [-0.1, -0.05) is 23.5 Å². The Morgan fingerprint density at radius 2 is 2.00 bits per heavy atom. The molecule has 0 amide bonds. The van der Waals surface area contributed by atoms with Crippen LogP contribution in [0.3, 0.4) is 0 Å². The van der Waals surface area contributed by atoms with E-state index in [0.717, 1.165) is 27.7 Å². The molecule has 2 aromatic heterocycles. The average molecular weight is 424 g/mol. The molecule has 1 N–H and O–H groups in total. The maximum Gasteiger partial charge on any atom is 0.344 e. The molecule has 1 atom stereocenters. The number of hydrogen-bond donors (Lipinski definition) is 1. The number of rotatable bonds is 5. The smallest absolute Gasteiger partial charge is 0.344 e. The van der Waals surface area contributed by atoms with Crippen molar-refractivity contribution in [2.24, 2.45) is 0 Å². The minimum atomic E-state index is -1.07. The summed E-state index contributed by atoms with van der Waals surface area (Å²) in [5.74, 6) is -0.352. The fraction of sp³-hybridized carbons (Fsp3) is 0.227. The highest BCUT2D eigenvalue weighted by Crippen LogP contribution is 2.29. The molecule has 0 saturated heterocycles. The maximum atomic E-state index is 13.0. The number of carboxylic acids is 1. The van der Waals surface area contributed by atoms with Gasteiger partial charge in [-0.15, -0.1) is 0 Å². The van der Waals surface area contributed by atoms with Gasteiger partial charge in [0.05, 0.1) is 22.7 Å². The predicted molar refractivity (Wildman–Crippen MR) is 116 cm³/mol. The predicted octanol–water partition coefficient (Wildman–Crippen LogP) is 2.93. The Bertz CT molecular complexity index is 1400. The number of carboxylic acid groups (broad SMARTS) is 1. The van der Waals surface area contributed by atoms with Gasteiger partial charge in [0.25, 0.3) is 5.56 Å². The summed E-state index contributed by atoms with van der Waals surface area (Å²) in [5, 5.41) is 9.03. The number of fused-ring (bicyclic) bond motifs is 3. The second-order valence-corrected chi connectivity index (χ2v) is 8.04. The lowest BCUT2D eigenvalue weighted by molar-refractivity contribution is -0.144. The highest BCUT2D eigenvalue weighted by Gasteiger charge is 2.16. The van der Waals surface area contributed by atoms with Gasteiger partial charge >= 0.3 is 5.97 Å². The molecule has 4 rings (SSSR count). The van der Waals surface area contributed by atoms with E-state index in [1.165, 1.54) is 25.4 Å². The van der Waals surface area contributed by atoms with Crippen LogP contribution in [-0.2, 0) is 4.79 Å². The number of hydrogen-bond acceptors (Lipinski definition) is 6. The molecule has 0 bridgehead atoms. The van der Waals surface area contributed by atoms with Gasteiger partial charge in [-0.3, -0.25) is 4.79 Å². The number of thiazole rings is 1. The fourth-order valence-electron chi connectivity index (χ4n) is 3.23. The summed E-state index contributed by atoms with van der Waals surface area (Å²) in [4.78, 5) is 29.4. The maximum absolute atomic E-state index is 13.0. The topological polar surface area (TPSA) is 90.1 Å². The monoisotopic (exact) mass is 424 g/mol. The van der Waals surface area contributed by atoms with Crippen LogP contribution in [0.15, 0.2) is 35.1 Å². The van der Waals surface area contributed by atoms with Gasteiger partial charge in [0.2, 0.25) is 0 Å². The summed E-state index contributed by atoms with van der Waals surface area (Å²) in [7, 11) is 1.48. The van der Waals surface area contributed by atoms with E-state index in [-0.39, 0.29) is 5.56 Å². The van der Waals surface area contributed by atoms with Gasteiger partial charge in [-0.05, 0) is 61.7 Å². The molecule has 0 unspecified atom stereocenters. The van der Waals surface area contributed by atoms with E-state index >= 15 is 0 Å². The lowest BCUT2D eigenvalue weighted by Gasteiger charge is -2.14. The molecule has 0 aliphatic rings. The van der Waals surface area contributed by atoms with Gasteiger partial charge in [-0.2, -0.15) is 0 Å². The molecule has 30 heavy (non-hydrogen) atoms. The van der Waals surface area contributed by atoms with Crippen LogP contribution >= 0.6 is 11.3 Å². The van der Waals surface area contributed by atoms with Crippen molar-refractivity contribution in [1.82, 2.24) is 9.38 Å². The number of methoxy groups -OCH3 is 1. The first kappa shape index (κ1) is 19.9. The van der Waals surface area contributed by atoms with Crippen LogP contribution < -0.4 is 19.6 Å². The summed E-state index contributed by atoms with van der Waals surface area (Å²) in [5.41, 5.74) is 4.47. The van der Waals surface area contributed by atoms with E-state index < -0.39 is 12.1 Å². The number of carbonyl (C=O) groups is 1. The van der Waals surface area contributed by atoms with Gasteiger partial charge < -0.3 is 14.6 Å². The minimum absolute atomic E-state index is 0.125. The molecule has 4 aromatic rings. The summed E-state index contributed by atoms with van der Waals surface area (Å²) < 4.78 is 12.9. The Morgan fingerprint density at radius 3 is 2.70 bits per heavy atom. The zero-order valence-corrected chi connectivity index (χ0v) is 17.7. The zero-order valence-electron chi connectivity index (χ0n) is 16.9. The SMILES string of the molecule is COc1cc(/C=c2\sc3nc4c(C)c(C)ccc4n3c2=O)ccc1O[C@H](C)C(=O)O. The third kappa shape index (κ3) is 3.29. The number of aryl methyl sites for hydroxylation is 2. The van der Waals surface area contributed by atoms with Gasteiger partial charge in [0, 0.05) is 0 Å². The summed E-state index contributed by atoms with van der Waals surface area (Å²) >= 11 is 1.33. The van der Waals surface area contributed by atoms with E-state index in [0.29, 0.717) is 21.0 Å². The van der Waals surface area contributed by atoms with Crippen LogP contribution in [0.25, 0.3) is 22.1 Å². The lowest BCUT2D eigenvalue weighted by atomic mass is 10.1. The Labute approximate surface area is 175 Å². The number of aromatic nitrogens is 2. The van der Waals surface area contributed by atoms with Crippen molar-refractivity contribution >= 4 is 39.4 Å². The minimum Gasteiger partial charge on any atom is -0.493 e. The van der Waals surface area contributed by atoms with Crippen LogP contribution in [0.2, 0.25) is 0 Å². The summed E-state index contributed by atoms with van der Waals surface area (Å²) in [6, 6.07) is 9.01.